The fourth-order valence-electron chi connectivity index (χ4n) is 2.51. The molecule has 0 saturated carbocycles. The number of hydrogen-bond acceptors (Lipinski definition) is 2. The lowest BCUT2D eigenvalue weighted by Crippen LogP contribution is -2.04. The van der Waals surface area contributed by atoms with Gasteiger partial charge < -0.3 is 5.32 Å². The lowest BCUT2D eigenvalue weighted by molar-refractivity contribution is -0.115. The molecule has 0 fully saturated rings. The number of benzene rings is 2. The van der Waals surface area contributed by atoms with Crippen molar-refractivity contribution in [2.45, 2.75) is 19.8 Å². The van der Waals surface area contributed by atoms with E-state index in [1.54, 1.807) is 6.07 Å². The number of nitrogens with one attached hydrogen (secondary N) is 1. The van der Waals surface area contributed by atoms with Gasteiger partial charge in [0.05, 0.1) is 6.42 Å². The van der Waals surface area contributed by atoms with Gasteiger partial charge in [-0.1, -0.05) is 29.8 Å². The van der Waals surface area contributed by atoms with Crippen LogP contribution in [0.15, 0.2) is 42.5 Å². The molecule has 0 radical (unpaired) electrons. The van der Waals surface area contributed by atoms with Crippen LogP contribution >= 0.6 is 0 Å². The summed E-state index contributed by atoms with van der Waals surface area (Å²) in [5, 5.41) is 2.77. The standard InChI is InChI=1S/C17H15NO2/c1-11-3-2-4-12(7-11)8-16(19)13-5-6-15-14(9-13)10-17(20)18-15/h2-7,9H,8,10H2,1H3,(H,18,20). The third-order valence-corrected chi connectivity index (χ3v) is 3.50. The highest BCUT2D eigenvalue weighted by Crippen LogP contribution is 2.24. The van der Waals surface area contributed by atoms with E-state index in [4.69, 9.17) is 0 Å². The number of carbonyl (C=O) groups excluding carboxylic acids is 2. The first kappa shape index (κ1) is 12.6. The molecule has 1 N–H and O–H groups in total. The van der Waals surface area contributed by atoms with Crippen LogP contribution in [0.5, 0.6) is 0 Å². The number of fused-ring (bicyclic) bond motifs is 1. The molecule has 1 aliphatic heterocycles. The third-order valence-electron chi connectivity index (χ3n) is 3.50. The molecule has 2 aromatic rings. The zero-order chi connectivity index (χ0) is 14.1. The molecule has 0 saturated heterocycles. The van der Waals surface area contributed by atoms with Gasteiger partial charge in [0.15, 0.2) is 5.78 Å². The number of hydrogen-bond donors (Lipinski definition) is 1. The molecular weight excluding hydrogens is 250 g/mol. The van der Waals surface area contributed by atoms with Crippen molar-refractivity contribution >= 4 is 17.4 Å². The monoisotopic (exact) mass is 265 g/mol. The number of ketones is 1. The molecule has 0 atom stereocenters. The molecule has 3 heteroatoms. The topological polar surface area (TPSA) is 46.2 Å². The van der Waals surface area contributed by atoms with Gasteiger partial charge in [0.25, 0.3) is 0 Å². The van der Waals surface area contributed by atoms with Crippen LogP contribution in [-0.4, -0.2) is 11.7 Å². The zero-order valence-electron chi connectivity index (χ0n) is 11.3. The molecular formula is C17H15NO2. The minimum Gasteiger partial charge on any atom is -0.326 e. The highest BCUT2D eigenvalue weighted by atomic mass is 16.1. The van der Waals surface area contributed by atoms with E-state index >= 15 is 0 Å². The quantitative estimate of drug-likeness (QED) is 0.867. The molecule has 0 aliphatic carbocycles. The number of amides is 1. The number of Topliss-reactive ketones (excluding diaryl/α,β-unsaturated/α-hetero) is 1. The minimum atomic E-state index is -0.0108. The molecule has 0 spiro atoms. The van der Waals surface area contributed by atoms with Gasteiger partial charge in [-0.3, -0.25) is 9.59 Å². The maximum Gasteiger partial charge on any atom is 0.228 e. The summed E-state index contributed by atoms with van der Waals surface area (Å²) >= 11 is 0. The molecule has 100 valence electrons. The van der Waals surface area contributed by atoms with Gasteiger partial charge in [0.2, 0.25) is 5.91 Å². The van der Waals surface area contributed by atoms with Gasteiger partial charge in [0.1, 0.15) is 0 Å². The van der Waals surface area contributed by atoms with Crippen LogP contribution in [0.4, 0.5) is 5.69 Å². The van der Waals surface area contributed by atoms with Gasteiger partial charge in [-0.2, -0.15) is 0 Å². The number of aryl methyl sites for hydroxylation is 1. The second-order valence-corrected chi connectivity index (χ2v) is 5.19. The summed E-state index contributed by atoms with van der Waals surface area (Å²) in [5.41, 5.74) is 4.57. The Morgan fingerprint density at radius 2 is 2.05 bits per heavy atom. The van der Waals surface area contributed by atoms with Gasteiger partial charge in [-0.15, -0.1) is 0 Å². The van der Waals surface area contributed by atoms with E-state index in [1.165, 1.54) is 0 Å². The van der Waals surface area contributed by atoms with E-state index in [9.17, 15) is 9.59 Å². The SMILES string of the molecule is Cc1cccc(CC(=O)c2ccc3c(c2)CC(=O)N3)c1. The molecule has 0 bridgehead atoms. The summed E-state index contributed by atoms with van der Waals surface area (Å²) in [6.07, 6.45) is 0.753. The van der Waals surface area contributed by atoms with Crippen LogP contribution in [0, 0.1) is 6.92 Å². The van der Waals surface area contributed by atoms with Crippen LogP contribution in [0.25, 0.3) is 0 Å². The van der Waals surface area contributed by atoms with Crippen molar-refractivity contribution in [1.82, 2.24) is 0 Å². The lowest BCUT2D eigenvalue weighted by atomic mass is 9.99. The van der Waals surface area contributed by atoms with Crippen molar-refractivity contribution in [1.29, 1.82) is 0 Å². The van der Waals surface area contributed by atoms with Crippen molar-refractivity contribution < 1.29 is 9.59 Å². The van der Waals surface area contributed by atoms with E-state index in [1.807, 2.05) is 43.3 Å². The summed E-state index contributed by atoms with van der Waals surface area (Å²) in [7, 11) is 0. The smallest absolute Gasteiger partial charge is 0.228 e. The Morgan fingerprint density at radius 1 is 1.20 bits per heavy atom. The van der Waals surface area contributed by atoms with Gasteiger partial charge >= 0.3 is 0 Å². The van der Waals surface area contributed by atoms with Crippen molar-refractivity contribution in [2.75, 3.05) is 5.32 Å². The predicted octanol–water partition coefficient (Wildman–Crippen LogP) is 2.92. The van der Waals surface area contributed by atoms with E-state index in [-0.39, 0.29) is 11.7 Å². The van der Waals surface area contributed by atoms with E-state index < -0.39 is 0 Å². The Morgan fingerprint density at radius 3 is 2.85 bits per heavy atom. The summed E-state index contributed by atoms with van der Waals surface area (Å²) in [6, 6.07) is 13.4. The maximum absolute atomic E-state index is 12.3. The highest BCUT2D eigenvalue weighted by Gasteiger charge is 2.19. The molecule has 1 heterocycles. The average molecular weight is 265 g/mol. The summed E-state index contributed by atoms with van der Waals surface area (Å²) in [5.74, 6) is 0.0704. The van der Waals surface area contributed by atoms with Crippen molar-refractivity contribution in [3.8, 4) is 0 Å². The molecule has 3 rings (SSSR count). The Bertz CT molecular complexity index is 704. The molecule has 20 heavy (non-hydrogen) atoms. The van der Waals surface area contributed by atoms with E-state index in [0.29, 0.717) is 18.4 Å². The summed E-state index contributed by atoms with van der Waals surface area (Å²) in [6.45, 7) is 2.01. The summed E-state index contributed by atoms with van der Waals surface area (Å²) in [4.78, 5) is 23.6. The maximum atomic E-state index is 12.3. The van der Waals surface area contributed by atoms with Crippen LogP contribution in [0.3, 0.4) is 0 Å². The number of carbonyl (C=O) groups is 2. The van der Waals surface area contributed by atoms with E-state index in [0.717, 1.165) is 22.4 Å². The Balaban J connectivity index is 1.81. The van der Waals surface area contributed by atoms with Crippen molar-refractivity contribution in [3.05, 3.63) is 64.7 Å². The molecule has 1 aliphatic rings. The van der Waals surface area contributed by atoms with Gasteiger partial charge in [-0.05, 0) is 36.2 Å². The van der Waals surface area contributed by atoms with Gasteiger partial charge in [-0.25, -0.2) is 0 Å². The third kappa shape index (κ3) is 2.48. The molecule has 3 nitrogen and oxygen atoms in total. The minimum absolute atomic E-state index is 0.0108. The zero-order valence-corrected chi connectivity index (χ0v) is 11.3. The van der Waals surface area contributed by atoms with Crippen molar-refractivity contribution in [3.63, 3.8) is 0 Å². The second-order valence-electron chi connectivity index (χ2n) is 5.19. The Hall–Kier alpha value is -2.42. The lowest BCUT2D eigenvalue weighted by Gasteiger charge is -2.05. The Labute approximate surface area is 117 Å². The summed E-state index contributed by atoms with van der Waals surface area (Å²) < 4.78 is 0. The van der Waals surface area contributed by atoms with Crippen LogP contribution in [-0.2, 0) is 17.6 Å². The van der Waals surface area contributed by atoms with Gasteiger partial charge in [0, 0.05) is 17.7 Å². The predicted molar refractivity (Wildman–Crippen MR) is 78.0 cm³/mol. The molecule has 0 aromatic heterocycles. The first-order chi connectivity index (χ1) is 9.61. The first-order valence-electron chi connectivity index (χ1n) is 6.63. The van der Waals surface area contributed by atoms with Crippen molar-refractivity contribution in [2.24, 2.45) is 0 Å². The van der Waals surface area contributed by atoms with Crippen LogP contribution in [0.1, 0.15) is 27.0 Å². The molecule has 2 aromatic carbocycles. The number of anilines is 1. The normalized spacial score (nSPS) is 12.9. The molecule has 1 amide bonds. The molecule has 0 unspecified atom stereocenters. The van der Waals surface area contributed by atoms with Crippen LogP contribution < -0.4 is 5.32 Å². The Kier molecular flexibility index (Phi) is 3.11. The van der Waals surface area contributed by atoms with Crippen LogP contribution in [0.2, 0.25) is 0 Å². The van der Waals surface area contributed by atoms with E-state index in [2.05, 4.69) is 5.32 Å². The first-order valence-corrected chi connectivity index (χ1v) is 6.63. The highest BCUT2D eigenvalue weighted by molar-refractivity contribution is 6.02. The fraction of sp³-hybridized carbons (Fsp3) is 0.176. The largest absolute Gasteiger partial charge is 0.326 e. The average Bonchev–Trinajstić information content (AvgIpc) is 2.77. The second kappa shape index (κ2) is 4.93. The number of rotatable bonds is 3. The fourth-order valence-corrected chi connectivity index (χ4v) is 2.51.